The van der Waals surface area contributed by atoms with E-state index < -0.39 is 0 Å². The second-order valence-electron chi connectivity index (χ2n) is 5.67. The Morgan fingerprint density at radius 2 is 1.67 bits per heavy atom. The molecule has 0 radical (unpaired) electrons. The van der Waals surface area contributed by atoms with Gasteiger partial charge in [-0.05, 0) is 25.2 Å². The van der Waals surface area contributed by atoms with Crippen LogP contribution in [0.2, 0.25) is 0 Å². The van der Waals surface area contributed by atoms with Crippen molar-refractivity contribution in [2.24, 2.45) is 11.8 Å². The molecule has 0 amide bonds. The van der Waals surface area contributed by atoms with Crippen molar-refractivity contribution in [3.63, 3.8) is 0 Å². The predicted molar refractivity (Wildman–Crippen MR) is 82.0 cm³/mol. The largest absolute Gasteiger partial charge is 0.287 e. The lowest BCUT2D eigenvalue weighted by molar-refractivity contribution is -0.115. The van der Waals surface area contributed by atoms with Crippen LogP contribution in [0.3, 0.4) is 0 Å². The van der Waals surface area contributed by atoms with Gasteiger partial charge >= 0.3 is 0 Å². The molecule has 1 aliphatic rings. The standard InChI is InChI=1S/C16H30OS/c1-3-5-7-9-11-14(10-8-6-4-2)15-12-13-18-16(15)17/h14-15H,3-13H2,1-2H3/t14?,15-/m1/s1. The highest BCUT2D eigenvalue weighted by Crippen LogP contribution is 2.36. The van der Waals surface area contributed by atoms with Gasteiger partial charge in [0.1, 0.15) is 0 Å². The minimum absolute atomic E-state index is 0.397. The highest BCUT2D eigenvalue weighted by Gasteiger charge is 2.31. The number of rotatable bonds is 10. The van der Waals surface area contributed by atoms with Crippen molar-refractivity contribution in [1.29, 1.82) is 0 Å². The van der Waals surface area contributed by atoms with Gasteiger partial charge in [-0.25, -0.2) is 0 Å². The molecule has 1 saturated heterocycles. The van der Waals surface area contributed by atoms with Crippen LogP contribution in [0.15, 0.2) is 0 Å². The highest BCUT2D eigenvalue weighted by atomic mass is 32.2. The van der Waals surface area contributed by atoms with E-state index in [1.54, 1.807) is 11.8 Å². The smallest absolute Gasteiger partial charge is 0.192 e. The molecule has 0 bridgehead atoms. The van der Waals surface area contributed by atoms with Crippen molar-refractivity contribution in [3.05, 3.63) is 0 Å². The molecule has 2 atom stereocenters. The van der Waals surface area contributed by atoms with E-state index in [0.29, 0.717) is 17.0 Å². The molecule has 1 heterocycles. The third kappa shape index (κ3) is 5.77. The molecule has 1 nitrogen and oxygen atoms in total. The maximum atomic E-state index is 11.9. The summed E-state index contributed by atoms with van der Waals surface area (Å²) in [6.07, 6.45) is 13.0. The second-order valence-corrected chi connectivity index (χ2v) is 6.77. The topological polar surface area (TPSA) is 17.1 Å². The van der Waals surface area contributed by atoms with Gasteiger partial charge in [0.2, 0.25) is 0 Å². The van der Waals surface area contributed by atoms with Gasteiger partial charge < -0.3 is 0 Å². The highest BCUT2D eigenvalue weighted by molar-refractivity contribution is 8.14. The van der Waals surface area contributed by atoms with Gasteiger partial charge in [-0.2, -0.15) is 0 Å². The van der Waals surface area contributed by atoms with E-state index in [4.69, 9.17) is 0 Å². The summed E-state index contributed by atoms with van der Waals surface area (Å²) in [7, 11) is 0. The van der Waals surface area contributed by atoms with Crippen LogP contribution in [-0.2, 0) is 4.79 Å². The monoisotopic (exact) mass is 270 g/mol. The number of carbonyl (C=O) groups excluding carboxylic acids is 1. The lowest BCUT2D eigenvalue weighted by atomic mass is 9.83. The molecule has 0 aromatic rings. The number of thioether (sulfide) groups is 1. The van der Waals surface area contributed by atoms with E-state index in [1.807, 2.05) is 0 Å². The van der Waals surface area contributed by atoms with Gasteiger partial charge in [-0.1, -0.05) is 70.6 Å². The number of carbonyl (C=O) groups is 1. The van der Waals surface area contributed by atoms with Crippen molar-refractivity contribution in [1.82, 2.24) is 0 Å². The van der Waals surface area contributed by atoms with Crippen molar-refractivity contribution in [2.45, 2.75) is 78.1 Å². The summed E-state index contributed by atoms with van der Waals surface area (Å²) in [5, 5.41) is 0.493. The van der Waals surface area contributed by atoms with Crippen LogP contribution in [0.4, 0.5) is 0 Å². The Kier molecular flexibility index (Phi) is 8.83. The summed E-state index contributed by atoms with van der Waals surface area (Å²) in [5.41, 5.74) is 0. The first-order chi connectivity index (χ1) is 8.79. The molecule has 0 aromatic heterocycles. The van der Waals surface area contributed by atoms with Crippen LogP contribution in [0, 0.1) is 11.8 Å². The fourth-order valence-electron chi connectivity index (χ4n) is 2.98. The van der Waals surface area contributed by atoms with Gasteiger partial charge in [-0.3, -0.25) is 4.79 Å². The molecule has 106 valence electrons. The third-order valence-electron chi connectivity index (χ3n) is 4.15. The molecule has 0 saturated carbocycles. The number of hydrogen-bond acceptors (Lipinski definition) is 2. The lowest BCUT2D eigenvalue weighted by Gasteiger charge is -2.21. The first-order valence-corrected chi connectivity index (χ1v) is 8.94. The molecule has 0 aromatic carbocycles. The zero-order chi connectivity index (χ0) is 13.2. The van der Waals surface area contributed by atoms with Crippen molar-refractivity contribution < 1.29 is 4.79 Å². The Morgan fingerprint density at radius 1 is 1.06 bits per heavy atom. The third-order valence-corrected chi connectivity index (χ3v) is 5.18. The van der Waals surface area contributed by atoms with Crippen molar-refractivity contribution in [3.8, 4) is 0 Å². The zero-order valence-electron chi connectivity index (χ0n) is 12.2. The molecule has 2 heteroatoms. The maximum absolute atomic E-state index is 11.9. The van der Waals surface area contributed by atoms with Crippen LogP contribution in [0.1, 0.15) is 78.1 Å². The fraction of sp³-hybridized carbons (Fsp3) is 0.938. The van der Waals surface area contributed by atoms with Gasteiger partial charge in [0.25, 0.3) is 0 Å². The van der Waals surface area contributed by atoms with Crippen LogP contribution in [0.25, 0.3) is 0 Å². The molecule has 1 rings (SSSR count). The Balaban J connectivity index is 2.33. The quantitative estimate of drug-likeness (QED) is 0.492. The average Bonchev–Trinajstić information content (AvgIpc) is 2.79. The zero-order valence-corrected chi connectivity index (χ0v) is 13.1. The number of unbranched alkanes of at least 4 members (excludes halogenated alkanes) is 5. The Bertz CT molecular complexity index is 227. The Morgan fingerprint density at radius 3 is 2.22 bits per heavy atom. The fourth-order valence-corrected chi connectivity index (χ4v) is 4.07. The van der Waals surface area contributed by atoms with E-state index in [0.717, 1.165) is 12.2 Å². The normalized spacial score (nSPS) is 21.4. The minimum atomic E-state index is 0.397. The van der Waals surface area contributed by atoms with Gasteiger partial charge in [0.05, 0.1) is 0 Å². The molecular weight excluding hydrogens is 240 g/mol. The molecule has 0 spiro atoms. The first kappa shape index (κ1) is 16.1. The van der Waals surface area contributed by atoms with Crippen LogP contribution >= 0.6 is 11.8 Å². The van der Waals surface area contributed by atoms with Crippen LogP contribution in [-0.4, -0.2) is 10.9 Å². The predicted octanol–water partition coefficient (Wildman–Crippen LogP) is 5.43. The molecule has 0 aliphatic carbocycles. The lowest BCUT2D eigenvalue weighted by Crippen LogP contribution is -2.18. The van der Waals surface area contributed by atoms with Gasteiger partial charge in [0, 0.05) is 11.7 Å². The van der Waals surface area contributed by atoms with Crippen molar-refractivity contribution in [2.75, 3.05) is 5.75 Å². The second kappa shape index (κ2) is 9.89. The summed E-state index contributed by atoms with van der Waals surface area (Å²) in [5.74, 6) is 2.16. The summed E-state index contributed by atoms with van der Waals surface area (Å²) in [6.45, 7) is 4.52. The van der Waals surface area contributed by atoms with E-state index >= 15 is 0 Å². The summed E-state index contributed by atoms with van der Waals surface area (Å²) >= 11 is 1.58. The Labute approximate surface area is 117 Å². The minimum Gasteiger partial charge on any atom is -0.287 e. The van der Waals surface area contributed by atoms with E-state index in [9.17, 15) is 4.79 Å². The molecule has 0 N–H and O–H groups in total. The summed E-state index contributed by atoms with van der Waals surface area (Å²) in [6, 6.07) is 0. The van der Waals surface area contributed by atoms with Gasteiger partial charge in [-0.15, -0.1) is 0 Å². The first-order valence-electron chi connectivity index (χ1n) is 7.96. The average molecular weight is 270 g/mol. The summed E-state index contributed by atoms with van der Waals surface area (Å²) < 4.78 is 0. The van der Waals surface area contributed by atoms with Crippen molar-refractivity contribution >= 4 is 16.9 Å². The number of hydrogen-bond donors (Lipinski definition) is 0. The molecule has 1 fully saturated rings. The van der Waals surface area contributed by atoms with E-state index in [-0.39, 0.29) is 0 Å². The SMILES string of the molecule is CCCCCCC(CCCCC)[C@H]1CCSC1=O. The van der Waals surface area contributed by atoms with Crippen LogP contribution in [0.5, 0.6) is 0 Å². The maximum Gasteiger partial charge on any atom is 0.192 e. The van der Waals surface area contributed by atoms with E-state index in [2.05, 4.69) is 13.8 Å². The molecule has 1 unspecified atom stereocenters. The Hall–Kier alpha value is 0.0200. The van der Waals surface area contributed by atoms with E-state index in [1.165, 1.54) is 57.8 Å². The van der Waals surface area contributed by atoms with Gasteiger partial charge in [0.15, 0.2) is 5.12 Å². The van der Waals surface area contributed by atoms with Crippen LogP contribution < -0.4 is 0 Å². The molecule has 1 aliphatic heterocycles. The molecular formula is C16H30OS. The summed E-state index contributed by atoms with van der Waals surface area (Å²) in [4.78, 5) is 11.9. The molecule has 18 heavy (non-hydrogen) atoms.